The van der Waals surface area contributed by atoms with E-state index in [1.165, 1.54) is 6.21 Å². The second-order valence-electron chi connectivity index (χ2n) is 8.47. The maximum Gasteiger partial charge on any atom is 0.255 e. The Hall–Kier alpha value is -4.70. The zero-order chi connectivity index (χ0) is 24.8. The van der Waals surface area contributed by atoms with E-state index in [2.05, 4.69) is 21.8 Å². The minimum Gasteiger partial charge on any atom is -0.352 e. The third-order valence-electron chi connectivity index (χ3n) is 5.61. The molecule has 0 aliphatic carbocycles. The molecule has 174 valence electrons. The molecule has 3 N–H and O–H groups in total. The maximum atomic E-state index is 13.1. The minimum absolute atomic E-state index is 0.0246. The average Bonchev–Trinajstić information content (AvgIpc) is 3.30. The highest BCUT2D eigenvalue weighted by Gasteiger charge is 2.18. The molecule has 7 nitrogen and oxygen atoms in total. The number of benzene rings is 3. The molecule has 0 aliphatic rings. The van der Waals surface area contributed by atoms with Crippen LogP contribution in [0.5, 0.6) is 0 Å². The Bertz CT molecular complexity index is 1400. The fourth-order valence-corrected chi connectivity index (χ4v) is 3.99. The van der Waals surface area contributed by atoms with E-state index in [1.54, 1.807) is 42.6 Å². The van der Waals surface area contributed by atoms with Crippen molar-refractivity contribution in [2.45, 2.75) is 26.3 Å². The monoisotopic (exact) mass is 462 g/mol. The van der Waals surface area contributed by atoms with Gasteiger partial charge in [-0.3, -0.25) is 9.48 Å². The quantitative estimate of drug-likeness (QED) is 0.283. The number of nitrogens with zero attached hydrogens (tertiary/aromatic N) is 3. The fraction of sp³-hybridized carbons (Fsp3) is 0.143. The summed E-state index contributed by atoms with van der Waals surface area (Å²) in [6.07, 6.45) is 4.88. The molecule has 7 heteroatoms. The first-order valence-corrected chi connectivity index (χ1v) is 11.3. The number of carbonyl (C=O) groups is 1. The van der Waals surface area contributed by atoms with Gasteiger partial charge in [0.25, 0.3) is 5.91 Å². The highest BCUT2D eigenvalue weighted by molar-refractivity contribution is 6.06. The van der Waals surface area contributed by atoms with Crippen LogP contribution in [0.25, 0.3) is 0 Å². The van der Waals surface area contributed by atoms with Crippen molar-refractivity contribution in [1.82, 2.24) is 9.78 Å². The largest absolute Gasteiger partial charge is 0.352 e. The SMILES string of the molecule is CC(C)c1c(C#N)cccc1C(=O)Nc1ccc(C=N)c(Nc2cnn(Cc3ccccc3)c2)c1. The molecule has 0 saturated carbocycles. The van der Waals surface area contributed by atoms with Crippen LogP contribution in [0.2, 0.25) is 0 Å². The molecule has 0 saturated heterocycles. The van der Waals surface area contributed by atoms with Crippen LogP contribution in [-0.4, -0.2) is 21.9 Å². The van der Waals surface area contributed by atoms with E-state index in [-0.39, 0.29) is 11.8 Å². The van der Waals surface area contributed by atoms with Crippen molar-refractivity contribution in [2.24, 2.45) is 0 Å². The number of nitriles is 1. The summed E-state index contributed by atoms with van der Waals surface area (Å²) in [5.74, 6) is -0.258. The van der Waals surface area contributed by atoms with E-state index in [4.69, 9.17) is 5.41 Å². The summed E-state index contributed by atoms with van der Waals surface area (Å²) >= 11 is 0. The van der Waals surface area contributed by atoms with Gasteiger partial charge in [-0.25, -0.2) is 0 Å². The second-order valence-corrected chi connectivity index (χ2v) is 8.47. The first-order chi connectivity index (χ1) is 17.0. The first kappa shape index (κ1) is 23.5. The van der Waals surface area contributed by atoms with Crippen LogP contribution < -0.4 is 10.6 Å². The van der Waals surface area contributed by atoms with Gasteiger partial charge in [-0.15, -0.1) is 0 Å². The Labute approximate surface area is 204 Å². The predicted molar refractivity (Wildman–Crippen MR) is 139 cm³/mol. The Morgan fingerprint density at radius 2 is 1.91 bits per heavy atom. The number of anilines is 3. The van der Waals surface area contributed by atoms with Gasteiger partial charge >= 0.3 is 0 Å². The van der Waals surface area contributed by atoms with Crippen LogP contribution in [0, 0.1) is 16.7 Å². The molecule has 0 bridgehead atoms. The lowest BCUT2D eigenvalue weighted by Gasteiger charge is -2.15. The number of nitrogens with one attached hydrogen (secondary N) is 3. The van der Waals surface area contributed by atoms with E-state index in [0.717, 1.165) is 16.8 Å². The van der Waals surface area contributed by atoms with E-state index in [0.29, 0.717) is 34.6 Å². The van der Waals surface area contributed by atoms with Crippen LogP contribution in [0.1, 0.15) is 52.4 Å². The van der Waals surface area contributed by atoms with Crippen molar-refractivity contribution in [1.29, 1.82) is 10.7 Å². The molecule has 35 heavy (non-hydrogen) atoms. The molecule has 0 aliphatic heterocycles. The highest BCUT2D eigenvalue weighted by atomic mass is 16.1. The standard InChI is InChI=1S/C28H26N6O/c1-19(2)27-22(15-30)9-6-10-25(27)28(35)33-23-12-11-21(14-29)26(13-23)32-24-16-31-34(18-24)17-20-7-4-3-5-8-20/h3-14,16,18-19,29,32H,17H2,1-2H3,(H,33,35). The van der Waals surface area contributed by atoms with Crippen LogP contribution >= 0.6 is 0 Å². The topological polar surface area (TPSA) is 107 Å². The van der Waals surface area contributed by atoms with Crippen molar-refractivity contribution in [3.05, 3.63) is 107 Å². The molecule has 1 amide bonds. The molecule has 0 fully saturated rings. The molecule has 0 spiro atoms. The Balaban J connectivity index is 1.55. The lowest BCUT2D eigenvalue weighted by molar-refractivity contribution is 0.102. The van der Waals surface area contributed by atoms with Gasteiger partial charge < -0.3 is 16.0 Å². The molecule has 4 rings (SSSR count). The van der Waals surface area contributed by atoms with Gasteiger partial charge in [0, 0.05) is 34.9 Å². The van der Waals surface area contributed by atoms with Gasteiger partial charge in [-0.2, -0.15) is 10.4 Å². The number of carbonyl (C=O) groups excluding carboxylic acids is 1. The smallest absolute Gasteiger partial charge is 0.255 e. The second kappa shape index (κ2) is 10.5. The first-order valence-electron chi connectivity index (χ1n) is 11.3. The predicted octanol–water partition coefficient (Wildman–Crippen LogP) is 5.92. The Kier molecular flexibility index (Phi) is 7.03. The maximum absolute atomic E-state index is 13.1. The number of hydrogen-bond acceptors (Lipinski definition) is 5. The van der Waals surface area contributed by atoms with Gasteiger partial charge in [0.05, 0.1) is 30.1 Å². The van der Waals surface area contributed by atoms with E-state index < -0.39 is 0 Å². The fourth-order valence-electron chi connectivity index (χ4n) is 3.99. The van der Waals surface area contributed by atoms with Crippen LogP contribution in [0.3, 0.4) is 0 Å². The summed E-state index contributed by atoms with van der Waals surface area (Å²) in [6, 6.07) is 22.7. The van der Waals surface area contributed by atoms with Crippen molar-refractivity contribution in [3.8, 4) is 6.07 Å². The summed E-state index contributed by atoms with van der Waals surface area (Å²) in [4.78, 5) is 13.1. The van der Waals surface area contributed by atoms with Gasteiger partial charge in [0.15, 0.2) is 0 Å². The lowest BCUT2D eigenvalue weighted by atomic mass is 9.92. The van der Waals surface area contributed by atoms with E-state index >= 15 is 0 Å². The summed E-state index contributed by atoms with van der Waals surface area (Å²) in [5.41, 5.74) is 5.56. The van der Waals surface area contributed by atoms with Gasteiger partial charge in [-0.1, -0.05) is 50.2 Å². The third kappa shape index (κ3) is 5.45. The van der Waals surface area contributed by atoms with Crippen LogP contribution in [0.4, 0.5) is 17.1 Å². The molecule has 1 heterocycles. The summed E-state index contributed by atoms with van der Waals surface area (Å²) in [6.45, 7) is 4.58. The average molecular weight is 463 g/mol. The number of hydrogen-bond donors (Lipinski definition) is 3. The van der Waals surface area contributed by atoms with Crippen molar-refractivity contribution < 1.29 is 4.79 Å². The van der Waals surface area contributed by atoms with E-state index in [1.807, 2.05) is 55.1 Å². The summed E-state index contributed by atoms with van der Waals surface area (Å²) in [7, 11) is 0. The Morgan fingerprint density at radius 1 is 1.11 bits per heavy atom. The number of aromatic nitrogens is 2. The van der Waals surface area contributed by atoms with Gasteiger partial charge in [0.2, 0.25) is 0 Å². The molecule has 0 atom stereocenters. The van der Waals surface area contributed by atoms with Crippen molar-refractivity contribution >= 4 is 29.2 Å². The van der Waals surface area contributed by atoms with Gasteiger partial charge in [-0.05, 0) is 47.4 Å². The minimum atomic E-state index is -0.282. The molecule has 1 aromatic heterocycles. The molecule has 0 unspecified atom stereocenters. The van der Waals surface area contributed by atoms with Gasteiger partial charge in [0.1, 0.15) is 0 Å². The molecular weight excluding hydrogens is 436 g/mol. The molecule has 0 radical (unpaired) electrons. The summed E-state index contributed by atoms with van der Waals surface area (Å²) < 4.78 is 1.84. The Morgan fingerprint density at radius 3 is 2.63 bits per heavy atom. The van der Waals surface area contributed by atoms with Crippen LogP contribution in [0.15, 0.2) is 79.1 Å². The van der Waals surface area contributed by atoms with Crippen molar-refractivity contribution in [2.75, 3.05) is 10.6 Å². The molecule has 3 aromatic carbocycles. The number of amides is 1. The number of rotatable bonds is 8. The highest BCUT2D eigenvalue weighted by Crippen LogP contribution is 2.27. The van der Waals surface area contributed by atoms with E-state index in [9.17, 15) is 10.1 Å². The zero-order valence-corrected chi connectivity index (χ0v) is 19.6. The van der Waals surface area contributed by atoms with Crippen molar-refractivity contribution in [3.63, 3.8) is 0 Å². The molecular formula is C28H26N6O. The molecule has 4 aromatic rings. The normalized spacial score (nSPS) is 10.6. The zero-order valence-electron chi connectivity index (χ0n) is 19.6. The summed E-state index contributed by atoms with van der Waals surface area (Å²) in [5, 5.41) is 27.9. The van der Waals surface area contributed by atoms with Crippen LogP contribution in [-0.2, 0) is 6.54 Å². The lowest BCUT2D eigenvalue weighted by Crippen LogP contribution is -2.16. The third-order valence-corrected chi connectivity index (χ3v) is 5.61.